The molecule has 0 aliphatic heterocycles. The topological polar surface area (TPSA) is 115 Å². The number of hydrogen-bond acceptors (Lipinski definition) is 7. The zero-order valence-corrected chi connectivity index (χ0v) is 27.8. The second kappa shape index (κ2) is 14.8. The summed E-state index contributed by atoms with van der Waals surface area (Å²) < 4.78 is 36.4. The Hall–Kier alpha value is -3.83. The van der Waals surface area contributed by atoms with E-state index in [2.05, 4.69) is 41.0 Å². The molecule has 0 saturated carbocycles. The maximum absolute atomic E-state index is 13.3. The maximum Gasteiger partial charge on any atom is 0.261 e. The third-order valence-corrected chi connectivity index (χ3v) is 9.65. The first-order chi connectivity index (χ1) is 21.0. The number of aromatic nitrogens is 3. The zero-order valence-electron chi connectivity index (χ0n) is 26.1. The molecule has 4 rings (SSSR count). The molecule has 0 bridgehead atoms. The summed E-state index contributed by atoms with van der Waals surface area (Å²) in [4.78, 5) is 13.1. The van der Waals surface area contributed by atoms with Crippen LogP contribution in [0.4, 0.5) is 11.4 Å². The summed E-state index contributed by atoms with van der Waals surface area (Å²) >= 11 is 1.32. The first-order valence-electron chi connectivity index (χ1n) is 14.7. The molecule has 1 heterocycles. The average molecular weight is 636 g/mol. The Morgan fingerprint density at radius 1 is 0.955 bits per heavy atom. The number of methoxy groups -OCH3 is 1. The minimum absolute atomic E-state index is 0.0283. The normalized spacial score (nSPS) is 12.2. The molecule has 9 nitrogen and oxygen atoms in total. The molecule has 0 radical (unpaired) electrons. The van der Waals surface area contributed by atoms with E-state index >= 15 is 0 Å². The number of amides is 1. The van der Waals surface area contributed by atoms with E-state index in [1.54, 1.807) is 49.6 Å². The van der Waals surface area contributed by atoms with Crippen molar-refractivity contribution < 1.29 is 17.9 Å². The van der Waals surface area contributed by atoms with Crippen molar-refractivity contribution in [1.82, 2.24) is 14.8 Å². The van der Waals surface area contributed by atoms with E-state index in [9.17, 15) is 13.2 Å². The van der Waals surface area contributed by atoms with E-state index in [0.29, 0.717) is 33.9 Å². The molecular weight excluding hydrogens is 595 g/mol. The van der Waals surface area contributed by atoms with Crippen molar-refractivity contribution >= 4 is 39.1 Å². The molecule has 0 aliphatic carbocycles. The van der Waals surface area contributed by atoms with Crippen LogP contribution < -0.4 is 14.8 Å². The van der Waals surface area contributed by atoms with Crippen molar-refractivity contribution in [3.63, 3.8) is 0 Å². The lowest BCUT2D eigenvalue weighted by molar-refractivity contribution is -0.113. The number of hydrogen-bond donors (Lipinski definition) is 2. The number of anilines is 2. The highest BCUT2D eigenvalue weighted by atomic mass is 32.2. The number of ether oxygens (including phenoxy) is 1. The second-order valence-corrected chi connectivity index (χ2v) is 13.9. The van der Waals surface area contributed by atoms with Crippen molar-refractivity contribution in [2.45, 2.75) is 70.0 Å². The van der Waals surface area contributed by atoms with Crippen LogP contribution in [-0.2, 0) is 14.8 Å². The van der Waals surface area contributed by atoms with Gasteiger partial charge in [0.15, 0.2) is 11.0 Å². The maximum atomic E-state index is 13.3. The fraction of sp³-hybridized carbons (Fsp3) is 0.364. The van der Waals surface area contributed by atoms with Gasteiger partial charge in [-0.25, -0.2) is 8.42 Å². The highest BCUT2D eigenvalue weighted by molar-refractivity contribution is 7.99. The summed E-state index contributed by atoms with van der Waals surface area (Å²) in [6.45, 7) is 10.5. The molecule has 0 unspecified atom stereocenters. The van der Waals surface area contributed by atoms with Crippen molar-refractivity contribution in [3.05, 3.63) is 77.9 Å². The predicted molar refractivity (Wildman–Crippen MR) is 178 cm³/mol. The van der Waals surface area contributed by atoms with Crippen LogP contribution in [0.3, 0.4) is 0 Å². The van der Waals surface area contributed by atoms with Gasteiger partial charge in [0.2, 0.25) is 5.91 Å². The minimum atomic E-state index is -3.88. The molecule has 0 spiro atoms. The van der Waals surface area contributed by atoms with Gasteiger partial charge in [0.25, 0.3) is 10.0 Å². The smallest absolute Gasteiger partial charge is 0.261 e. The highest BCUT2D eigenvalue weighted by Crippen LogP contribution is 2.32. The van der Waals surface area contributed by atoms with Crippen molar-refractivity contribution in [2.75, 3.05) is 22.9 Å². The Balaban J connectivity index is 1.60. The first-order valence-corrected chi connectivity index (χ1v) is 17.2. The van der Waals surface area contributed by atoms with Crippen molar-refractivity contribution in [2.24, 2.45) is 5.92 Å². The molecule has 0 saturated heterocycles. The number of nitrogens with one attached hydrogen (secondary N) is 2. The third-order valence-electron chi connectivity index (χ3n) is 7.33. The summed E-state index contributed by atoms with van der Waals surface area (Å²) in [7, 11) is -2.32. The second-order valence-electron chi connectivity index (χ2n) is 11.3. The van der Waals surface area contributed by atoms with Gasteiger partial charge in [-0.1, -0.05) is 68.8 Å². The SMILES string of the molecule is COc1ccc(NS(=O)(=O)c2cccc(-c3nnc(SCC(=O)Nc4c(C)cccc4C)n3[C@@H](C)CCCC(C)C)c2)cc1. The monoisotopic (exact) mass is 635 g/mol. The Kier molecular flexibility index (Phi) is 11.1. The van der Waals surface area contributed by atoms with E-state index in [1.807, 2.05) is 42.7 Å². The Labute approximate surface area is 264 Å². The molecule has 1 aromatic heterocycles. The zero-order chi connectivity index (χ0) is 31.9. The van der Waals surface area contributed by atoms with Crippen LogP contribution in [-0.4, -0.2) is 42.0 Å². The van der Waals surface area contributed by atoms with Gasteiger partial charge in [-0.05, 0) is 80.6 Å². The molecule has 1 atom stereocenters. The lowest BCUT2D eigenvalue weighted by Gasteiger charge is -2.19. The Bertz CT molecular complexity index is 1660. The van der Waals surface area contributed by atoms with Crippen LogP contribution in [0.5, 0.6) is 5.75 Å². The van der Waals surface area contributed by atoms with Gasteiger partial charge in [0.05, 0.1) is 17.8 Å². The molecule has 44 heavy (non-hydrogen) atoms. The van der Waals surface area contributed by atoms with Gasteiger partial charge in [0, 0.05) is 23.0 Å². The molecule has 11 heteroatoms. The molecule has 0 fully saturated rings. The van der Waals surface area contributed by atoms with Gasteiger partial charge in [-0.2, -0.15) is 0 Å². The first kappa shape index (κ1) is 33.1. The van der Waals surface area contributed by atoms with Gasteiger partial charge >= 0.3 is 0 Å². The average Bonchev–Trinajstić information content (AvgIpc) is 3.42. The summed E-state index contributed by atoms with van der Waals surface area (Å²) in [5.41, 5.74) is 3.88. The standard InChI is InChI=1S/C33H41N5O4S2/c1-22(2)10-7-13-25(5)38-32(35-36-33(38)43-21-30(39)34-31-23(3)11-8-12-24(31)4)26-14-9-15-29(20-26)44(40,41)37-27-16-18-28(42-6)19-17-27/h8-9,11-12,14-20,22,25,37H,7,10,13,21H2,1-6H3,(H,34,39)/t25-/m0/s1. The number of para-hydroxylation sites is 1. The van der Waals surface area contributed by atoms with Crippen molar-refractivity contribution in [1.29, 1.82) is 0 Å². The number of aryl methyl sites for hydroxylation is 2. The lowest BCUT2D eigenvalue weighted by Crippen LogP contribution is -2.17. The molecule has 4 aromatic rings. The number of benzene rings is 3. The molecule has 1 amide bonds. The van der Waals surface area contributed by atoms with Crippen LogP contribution in [0.1, 0.15) is 57.2 Å². The number of carbonyl (C=O) groups is 1. The van der Waals surface area contributed by atoms with Crippen LogP contribution in [0.25, 0.3) is 11.4 Å². The molecule has 0 aliphatic rings. The summed E-state index contributed by atoms with van der Waals surface area (Å²) in [6.07, 6.45) is 3.00. The fourth-order valence-corrected chi connectivity index (χ4v) is 6.85. The van der Waals surface area contributed by atoms with Gasteiger partial charge in [-0.3, -0.25) is 14.1 Å². The van der Waals surface area contributed by atoms with Crippen LogP contribution in [0.2, 0.25) is 0 Å². The number of rotatable bonds is 14. The van der Waals surface area contributed by atoms with Crippen LogP contribution in [0, 0.1) is 19.8 Å². The van der Waals surface area contributed by atoms with Crippen LogP contribution in [0.15, 0.2) is 76.8 Å². The third kappa shape index (κ3) is 8.41. The molecule has 234 valence electrons. The van der Waals surface area contributed by atoms with E-state index in [-0.39, 0.29) is 22.6 Å². The Morgan fingerprint density at radius 2 is 1.64 bits per heavy atom. The quantitative estimate of drug-likeness (QED) is 0.138. The predicted octanol–water partition coefficient (Wildman–Crippen LogP) is 7.49. The number of thioether (sulfide) groups is 1. The van der Waals surface area contributed by atoms with Gasteiger partial charge in [-0.15, -0.1) is 10.2 Å². The minimum Gasteiger partial charge on any atom is -0.497 e. The number of sulfonamides is 1. The van der Waals surface area contributed by atoms with E-state index < -0.39 is 10.0 Å². The lowest BCUT2D eigenvalue weighted by atomic mass is 10.0. The summed E-state index contributed by atoms with van der Waals surface area (Å²) in [5.74, 6) is 1.80. The molecule has 3 aromatic carbocycles. The Morgan fingerprint density at radius 3 is 2.30 bits per heavy atom. The van der Waals surface area contributed by atoms with E-state index in [4.69, 9.17) is 4.74 Å². The van der Waals surface area contributed by atoms with Crippen molar-refractivity contribution in [3.8, 4) is 17.1 Å². The summed E-state index contributed by atoms with van der Waals surface area (Å²) in [6, 6.07) is 19.3. The summed E-state index contributed by atoms with van der Waals surface area (Å²) in [5, 5.41) is 12.6. The highest BCUT2D eigenvalue weighted by Gasteiger charge is 2.22. The van der Waals surface area contributed by atoms with Gasteiger partial charge < -0.3 is 10.1 Å². The van der Waals surface area contributed by atoms with Gasteiger partial charge in [0.1, 0.15) is 5.75 Å². The number of carbonyl (C=O) groups excluding carboxylic acids is 1. The molecule has 2 N–H and O–H groups in total. The largest absolute Gasteiger partial charge is 0.497 e. The van der Waals surface area contributed by atoms with E-state index in [1.165, 1.54) is 11.8 Å². The van der Waals surface area contributed by atoms with E-state index in [0.717, 1.165) is 36.1 Å². The van der Waals surface area contributed by atoms with Crippen LogP contribution >= 0.6 is 11.8 Å². The fourth-order valence-electron chi connectivity index (χ4n) is 4.91. The number of nitrogens with zero attached hydrogens (tertiary/aromatic N) is 3. The molecular formula is C33H41N5O4S2.